The van der Waals surface area contributed by atoms with Crippen LogP contribution < -0.4 is 10.1 Å². The molecule has 2 heterocycles. The maximum absolute atomic E-state index is 10.2. The number of nitrogens with one attached hydrogen (secondary N) is 1. The maximum atomic E-state index is 10.2. The van der Waals surface area contributed by atoms with E-state index in [0.717, 1.165) is 40.9 Å². The molecule has 0 aliphatic heterocycles. The van der Waals surface area contributed by atoms with Gasteiger partial charge in [0.2, 0.25) is 0 Å². The Morgan fingerprint density at radius 3 is 2.72 bits per heavy atom. The fourth-order valence-corrected chi connectivity index (χ4v) is 5.59. The van der Waals surface area contributed by atoms with Crippen molar-refractivity contribution in [2.75, 3.05) is 19.0 Å². The summed E-state index contributed by atoms with van der Waals surface area (Å²) in [6.07, 6.45) is 7.28. The fourth-order valence-electron chi connectivity index (χ4n) is 5.24. The van der Waals surface area contributed by atoms with Gasteiger partial charge in [-0.3, -0.25) is 0 Å². The van der Waals surface area contributed by atoms with Gasteiger partial charge >= 0.3 is 0 Å². The van der Waals surface area contributed by atoms with Crippen LogP contribution in [0, 0.1) is 5.92 Å². The molecule has 5 rings (SSSR count). The molecule has 2 N–H and O–H groups in total. The number of methoxy groups -OCH3 is 1. The lowest BCUT2D eigenvalue weighted by Crippen LogP contribution is -2.31. The number of anilines is 1. The van der Waals surface area contributed by atoms with Gasteiger partial charge in [0.15, 0.2) is 5.65 Å². The Morgan fingerprint density at radius 1 is 1.28 bits per heavy atom. The van der Waals surface area contributed by atoms with E-state index in [9.17, 15) is 5.11 Å². The molecule has 1 aromatic carbocycles. The van der Waals surface area contributed by atoms with Gasteiger partial charge in [-0.25, -0.2) is 4.98 Å². The van der Waals surface area contributed by atoms with E-state index in [-0.39, 0.29) is 17.9 Å². The molecule has 1 atom stereocenters. The summed E-state index contributed by atoms with van der Waals surface area (Å²) in [7, 11) is 1.68. The highest BCUT2D eigenvalue weighted by atomic mass is 79.9. The van der Waals surface area contributed by atoms with Crippen LogP contribution in [0.1, 0.15) is 42.5 Å². The number of benzene rings is 1. The third-order valence-electron chi connectivity index (χ3n) is 6.74. The molecule has 0 amide bonds. The standard InChI is InChI=1S/C22H25BrN4O2/c1-29-16-6-4-14(5-7-16)11-24-20-17-10-15(13-28)22(8-2-3-9-22)19(17)26-21-18(23)12-25-27(20)21/h4-7,12,15,24,28H,2-3,8-11,13H2,1H3/t15-/m0/s1. The molecule has 152 valence electrons. The molecule has 1 fully saturated rings. The monoisotopic (exact) mass is 456 g/mol. The van der Waals surface area contributed by atoms with Crippen molar-refractivity contribution in [3.05, 3.63) is 51.8 Å². The Morgan fingerprint density at radius 2 is 2.03 bits per heavy atom. The Bertz CT molecular complexity index is 1040. The first-order valence-corrected chi connectivity index (χ1v) is 11.0. The van der Waals surface area contributed by atoms with E-state index in [1.807, 2.05) is 16.6 Å². The number of aliphatic hydroxyl groups excluding tert-OH is 1. The van der Waals surface area contributed by atoms with Crippen molar-refractivity contribution in [3.8, 4) is 5.75 Å². The van der Waals surface area contributed by atoms with Crippen LogP contribution in [0.25, 0.3) is 5.65 Å². The summed E-state index contributed by atoms with van der Waals surface area (Å²) >= 11 is 3.61. The van der Waals surface area contributed by atoms with Crippen LogP contribution in [0.15, 0.2) is 34.9 Å². The number of nitrogens with zero attached hydrogens (tertiary/aromatic N) is 3. The minimum Gasteiger partial charge on any atom is -0.497 e. The molecule has 29 heavy (non-hydrogen) atoms. The number of aliphatic hydroxyl groups is 1. The quantitative estimate of drug-likeness (QED) is 0.604. The highest BCUT2D eigenvalue weighted by molar-refractivity contribution is 9.10. The second-order valence-corrected chi connectivity index (χ2v) is 9.02. The van der Waals surface area contributed by atoms with Gasteiger partial charge in [0.25, 0.3) is 0 Å². The average molecular weight is 457 g/mol. The number of halogens is 1. The SMILES string of the molecule is COc1ccc(CNc2c3c(nc4c(Br)cnn24)C2(CCCC2)[C@H](CO)C3)cc1. The van der Waals surface area contributed by atoms with Crippen molar-refractivity contribution < 1.29 is 9.84 Å². The molecule has 0 unspecified atom stereocenters. The summed E-state index contributed by atoms with van der Waals surface area (Å²) in [6.45, 7) is 0.890. The largest absolute Gasteiger partial charge is 0.497 e. The van der Waals surface area contributed by atoms with Gasteiger partial charge in [0.05, 0.1) is 23.5 Å². The number of aromatic nitrogens is 3. The van der Waals surface area contributed by atoms with Gasteiger partial charge in [-0.15, -0.1) is 0 Å². The summed E-state index contributed by atoms with van der Waals surface area (Å²) < 4.78 is 8.05. The molecule has 0 saturated heterocycles. The second-order valence-electron chi connectivity index (χ2n) is 8.16. The maximum Gasteiger partial charge on any atom is 0.171 e. The predicted octanol–water partition coefficient (Wildman–Crippen LogP) is 4.09. The van der Waals surface area contributed by atoms with Gasteiger partial charge in [0, 0.05) is 24.1 Å². The number of fused-ring (bicyclic) bond motifs is 3. The number of hydrogen-bond donors (Lipinski definition) is 2. The molecular weight excluding hydrogens is 432 g/mol. The van der Waals surface area contributed by atoms with Crippen LogP contribution in [0.5, 0.6) is 5.75 Å². The lowest BCUT2D eigenvalue weighted by atomic mass is 9.76. The van der Waals surface area contributed by atoms with E-state index in [0.29, 0.717) is 6.54 Å². The van der Waals surface area contributed by atoms with E-state index in [1.165, 1.54) is 29.7 Å². The first-order valence-electron chi connectivity index (χ1n) is 10.2. The van der Waals surface area contributed by atoms with Crippen LogP contribution in [0.3, 0.4) is 0 Å². The zero-order valence-electron chi connectivity index (χ0n) is 16.5. The molecule has 3 aromatic rings. The molecule has 1 spiro atoms. The van der Waals surface area contributed by atoms with E-state index in [1.54, 1.807) is 13.3 Å². The summed E-state index contributed by atoms with van der Waals surface area (Å²) in [6, 6.07) is 8.09. The lowest BCUT2D eigenvalue weighted by Gasteiger charge is -2.30. The molecule has 0 bridgehead atoms. The van der Waals surface area contributed by atoms with Crippen molar-refractivity contribution in [1.82, 2.24) is 14.6 Å². The molecular formula is C22H25BrN4O2. The summed E-state index contributed by atoms with van der Waals surface area (Å²) in [4.78, 5) is 5.07. The fraction of sp³-hybridized carbons (Fsp3) is 0.455. The Hall–Kier alpha value is -2.12. The molecule has 0 radical (unpaired) electrons. The Labute approximate surface area is 178 Å². The van der Waals surface area contributed by atoms with Gasteiger partial charge in [0.1, 0.15) is 11.6 Å². The van der Waals surface area contributed by atoms with E-state index in [2.05, 4.69) is 38.5 Å². The Balaban J connectivity index is 1.58. The number of ether oxygens (including phenoxy) is 1. The van der Waals surface area contributed by atoms with E-state index < -0.39 is 0 Å². The van der Waals surface area contributed by atoms with Gasteiger partial charge in [-0.1, -0.05) is 25.0 Å². The summed E-state index contributed by atoms with van der Waals surface area (Å²) in [5.74, 6) is 2.08. The van der Waals surface area contributed by atoms with Gasteiger partial charge < -0.3 is 15.2 Å². The van der Waals surface area contributed by atoms with E-state index in [4.69, 9.17) is 9.72 Å². The second kappa shape index (κ2) is 7.29. The summed E-state index contributed by atoms with van der Waals surface area (Å²) in [5, 5.41) is 18.3. The first-order chi connectivity index (χ1) is 14.2. The molecule has 2 aromatic heterocycles. The minimum absolute atomic E-state index is 0.00604. The lowest BCUT2D eigenvalue weighted by molar-refractivity contribution is 0.162. The van der Waals surface area contributed by atoms with Crippen LogP contribution in [0.4, 0.5) is 5.82 Å². The van der Waals surface area contributed by atoms with Crippen molar-refractivity contribution >= 4 is 27.4 Å². The van der Waals surface area contributed by atoms with E-state index >= 15 is 0 Å². The highest BCUT2D eigenvalue weighted by Gasteiger charge is 2.50. The topological polar surface area (TPSA) is 71.7 Å². The normalized spacial score (nSPS) is 19.8. The third-order valence-corrected chi connectivity index (χ3v) is 7.30. The van der Waals surface area contributed by atoms with Crippen LogP contribution in [-0.2, 0) is 18.4 Å². The first kappa shape index (κ1) is 18.9. The number of hydrogen-bond acceptors (Lipinski definition) is 5. The molecule has 2 aliphatic rings. The van der Waals surface area contributed by atoms with Gasteiger partial charge in [-0.2, -0.15) is 9.61 Å². The van der Waals surface area contributed by atoms with Crippen molar-refractivity contribution in [3.63, 3.8) is 0 Å². The average Bonchev–Trinajstić information content (AvgIpc) is 3.46. The minimum atomic E-state index is 0.00604. The Kier molecular flexibility index (Phi) is 4.75. The zero-order valence-corrected chi connectivity index (χ0v) is 18.1. The van der Waals surface area contributed by atoms with Crippen LogP contribution in [-0.4, -0.2) is 33.4 Å². The number of rotatable bonds is 5. The van der Waals surface area contributed by atoms with Crippen LogP contribution in [0.2, 0.25) is 0 Å². The van der Waals surface area contributed by atoms with Crippen LogP contribution >= 0.6 is 15.9 Å². The molecule has 1 saturated carbocycles. The third kappa shape index (κ3) is 2.94. The summed E-state index contributed by atoms with van der Waals surface area (Å²) in [5.41, 5.74) is 4.39. The van der Waals surface area contributed by atoms with Crippen molar-refractivity contribution in [2.45, 2.75) is 44.1 Å². The zero-order chi connectivity index (χ0) is 20.0. The molecule has 2 aliphatic carbocycles. The van der Waals surface area contributed by atoms with Crippen molar-refractivity contribution in [2.24, 2.45) is 5.92 Å². The highest BCUT2D eigenvalue weighted by Crippen LogP contribution is 2.54. The molecule has 7 heteroatoms. The predicted molar refractivity (Wildman–Crippen MR) is 115 cm³/mol. The van der Waals surface area contributed by atoms with Gasteiger partial charge in [-0.05, 0) is 58.8 Å². The van der Waals surface area contributed by atoms with Crippen molar-refractivity contribution in [1.29, 1.82) is 0 Å². The molecule has 6 nitrogen and oxygen atoms in total. The smallest absolute Gasteiger partial charge is 0.171 e.